The van der Waals surface area contributed by atoms with E-state index < -0.39 is 24.5 Å². The summed E-state index contributed by atoms with van der Waals surface area (Å²) in [5.74, 6) is -0.728. The molecule has 1 aromatic carbocycles. The summed E-state index contributed by atoms with van der Waals surface area (Å²) in [7, 11) is 0. The normalized spacial score (nSPS) is 10.2. The van der Waals surface area contributed by atoms with E-state index in [0.717, 1.165) is 6.42 Å². The van der Waals surface area contributed by atoms with Crippen LogP contribution in [0.5, 0.6) is 5.75 Å². The van der Waals surface area contributed by atoms with Crippen molar-refractivity contribution >= 4 is 17.9 Å². The Kier molecular flexibility index (Phi) is 7.59. The van der Waals surface area contributed by atoms with Crippen molar-refractivity contribution in [3.05, 3.63) is 29.8 Å². The van der Waals surface area contributed by atoms with Crippen LogP contribution >= 0.6 is 0 Å². The topological polar surface area (TPSA) is 105 Å². The number of hydrogen-bond acceptors (Lipinski definition) is 5. The van der Waals surface area contributed by atoms with E-state index in [4.69, 9.17) is 9.84 Å². The third kappa shape index (κ3) is 8.45. The van der Waals surface area contributed by atoms with Gasteiger partial charge in [0.05, 0.1) is 6.42 Å². The maximum absolute atomic E-state index is 11.6. The highest BCUT2D eigenvalue weighted by Crippen LogP contribution is 2.10. The van der Waals surface area contributed by atoms with Gasteiger partial charge in [-0.3, -0.25) is 14.9 Å². The highest BCUT2D eigenvalue weighted by atomic mass is 16.5. The van der Waals surface area contributed by atoms with Gasteiger partial charge in [0, 0.05) is 6.54 Å². The van der Waals surface area contributed by atoms with Crippen molar-refractivity contribution in [1.82, 2.24) is 10.6 Å². The molecule has 0 heterocycles. The average Bonchev–Trinajstić information content (AvgIpc) is 2.47. The molecule has 0 aliphatic carbocycles. The van der Waals surface area contributed by atoms with Gasteiger partial charge in [-0.2, -0.15) is 0 Å². The second kappa shape index (κ2) is 9.45. The molecule has 1 aromatic rings. The molecular formula is C16H22N2O5. The molecule has 0 saturated carbocycles. The molecule has 7 heteroatoms. The summed E-state index contributed by atoms with van der Waals surface area (Å²) >= 11 is 0. The van der Waals surface area contributed by atoms with Gasteiger partial charge in [0.25, 0.3) is 5.91 Å². The van der Waals surface area contributed by atoms with Crippen molar-refractivity contribution < 1.29 is 24.2 Å². The quantitative estimate of drug-likeness (QED) is 0.657. The van der Waals surface area contributed by atoms with E-state index in [9.17, 15) is 14.4 Å². The summed E-state index contributed by atoms with van der Waals surface area (Å²) < 4.78 is 4.79. The number of carbonyl (C=O) groups excluding carboxylic acids is 3. The van der Waals surface area contributed by atoms with Gasteiger partial charge < -0.3 is 15.2 Å². The van der Waals surface area contributed by atoms with Gasteiger partial charge >= 0.3 is 12.0 Å². The lowest BCUT2D eigenvalue weighted by molar-refractivity contribution is -0.147. The molecular weight excluding hydrogens is 300 g/mol. The summed E-state index contributed by atoms with van der Waals surface area (Å²) in [5.41, 5.74) is 0.652. The Balaban J connectivity index is 2.23. The van der Waals surface area contributed by atoms with Gasteiger partial charge in [-0.25, -0.2) is 4.79 Å². The molecule has 0 aliphatic heterocycles. The van der Waals surface area contributed by atoms with Crippen LogP contribution in [0.15, 0.2) is 24.3 Å². The van der Waals surface area contributed by atoms with Gasteiger partial charge in [0.1, 0.15) is 5.75 Å². The molecule has 0 bridgehead atoms. The Labute approximate surface area is 135 Å². The van der Waals surface area contributed by atoms with E-state index in [1.54, 1.807) is 12.1 Å². The number of aromatic hydroxyl groups is 1. The fraction of sp³-hybridized carbons (Fsp3) is 0.438. The van der Waals surface area contributed by atoms with Crippen LogP contribution in [0.3, 0.4) is 0 Å². The summed E-state index contributed by atoms with van der Waals surface area (Å²) in [6.07, 6.45) is 0.789. The summed E-state index contributed by atoms with van der Waals surface area (Å²) in [6.45, 7) is 4.00. The number of benzene rings is 1. The number of phenols is 1. The lowest BCUT2D eigenvalue weighted by Gasteiger charge is -2.08. The maximum atomic E-state index is 11.6. The van der Waals surface area contributed by atoms with Crippen molar-refractivity contribution in [2.75, 3.05) is 13.2 Å². The zero-order valence-electron chi connectivity index (χ0n) is 13.3. The Hall–Kier alpha value is -2.57. The number of esters is 1. The molecule has 7 nitrogen and oxygen atoms in total. The Morgan fingerprint density at radius 3 is 2.43 bits per heavy atom. The minimum atomic E-state index is -0.689. The second-order valence-electron chi connectivity index (χ2n) is 5.49. The molecule has 0 unspecified atom stereocenters. The highest BCUT2D eigenvalue weighted by molar-refractivity contribution is 5.95. The lowest BCUT2D eigenvalue weighted by Crippen LogP contribution is -2.42. The Morgan fingerprint density at radius 1 is 1.17 bits per heavy atom. The van der Waals surface area contributed by atoms with Crippen LogP contribution in [0.4, 0.5) is 4.79 Å². The SMILES string of the molecule is CC(C)CCNC(=O)NC(=O)COC(=O)Cc1ccc(O)cc1. The van der Waals surface area contributed by atoms with Crippen LogP contribution in [0.2, 0.25) is 0 Å². The number of nitrogens with one attached hydrogen (secondary N) is 2. The molecule has 0 fully saturated rings. The van der Waals surface area contributed by atoms with Gasteiger partial charge in [-0.1, -0.05) is 26.0 Å². The van der Waals surface area contributed by atoms with E-state index >= 15 is 0 Å². The molecule has 0 aliphatic rings. The molecule has 0 radical (unpaired) electrons. The smallest absolute Gasteiger partial charge is 0.321 e. The number of ether oxygens (including phenoxy) is 1. The third-order valence-electron chi connectivity index (χ3n) is 2.91. The maximum Gasteiger partial charge on any atom is 0.321 e. The van der Waals surface area contributed by atoms with Gasteiger partial charge in [0.15, 0.2) is 6.61 Å². The standard InChI is InChI=1S/C16H22N2O5/c1-11(2)7-8-17-16(22)18-14(20)10-23-15(21)9-12-3-5-13(19)6-4-12/h3-6,11,19H,7-10H2,1-2H3,(H2,17,18,20,22). The molecule has 0 saturated heterocycles. The van der Waals surface area contributed by atoms with Crippen LogP contribution in [0.25, 0.3) is 0 Å². The first-order chi connectivity index (χ1) is 10.9. The van der Waals surface area contributed by atoms with Crippen LogP contribution in [0.1, 0.15) is 25.8 Å². The Bertz CT molecular complexity index is 540. The molecule has 23 heavy (non-hydrogen) atoms. The first-order valence-corrected chi connectivity index (χ1v) is 7.38. The first-order valence-electron chi connectivity index (χ1n) is 7.38. The summed E-state index contributed by atoms with van der Waals surface area (Å²) in [4.78, 5) is 34.4. The average molecular weight is 322 g/mol. The van der Waals surface area contributed by atoms with Crippen LogP contribution < -0.4 is 10.6 Å². The van der Waals surface area contributed by atoms with Gasteiger partial charge in [-0.15, -0.1) is 0 Å². The molecule has 3 N–H and O–H groups in total. The third-order valence-corrected chi connectivity index (χ3v) is 2.91. The lowest BCUT2D eigenvalue weighted by atomic mass is 10.1. The van der Waals surface area contributed by atoms with Crippen LogP contribution in [-0.4, -0.2) is 36.2 Å². The monoisotopic (exact) mass is 322 g/mol. The number of carbonyl (C=O) groups is 3. The number of urea groups is 1. The second-order valence-corrected chi connectivity index (χ2v) is 5.49. The minimum absolute atomic E-state index is 0.0197. The first kappa shape index (κ1) is 18.5. The van der Waals surface area contributed by atoms with Crippen molar-refractivity contribution in [3.63, 3.8) is 0 Å². The predicted octanol–water partition coefficient (Wildman–Crippen LogP) is 1.35. The fourth-order valence-corrected chi connectivity index (χ4v) is 1.66. The summed E-state index contributed by atoms with van der Waals surface area (Å²) in [5, 5.41) is 13.8. The van der Waals surface area contributed by atoms with E-state index in [0.29, 0.717) is 18.0 Å². The minimum Gasteiger partial charge on any atom is -0.508 e. The van der Waals surface area contributed by atoms with E-state index in [1.165, 1.54) is 12.1 Å². The molecule has 0 aromatic heterocycles. The molecule has 1 rings (SSSR count). The molecule has 0 atom stereocenters. The zero-order chi connectivity index (χ0) is 17.2. The number of hydrogen-bond donors (Lipinski definition) is 3. The Morgan fingerprint density at radius 2 is 1.83 bits per heavy atom. The van der Waals surface area contributed by atoms with Crippen molar-refractivity contribution in [1.29, 1.82) is 0 Å². The molecule has 3 amide bonds. The van der Waals surface area contributed by atoms with E-state index in [2.05, 4.69) is 10.6 Å². The summed E-state index contributed by atoms with van der Waals surface area (Å²) in [6, 6.07) is 5.47. The molecule has 0 spiro atoms. The number of rotatable bonds is 7. The highest BCUT2D eigenvalue weighted by Gasteiger charge is 2.11. The van der Waals surface area contributed by atoms with Crippen molar-refractivity contribution in [2.24, 2.45) is 5.92 Å². The fourth-order valence-electron chi connectivity index (χ4n) is 1.66. The zero-order valence-corrected chi connectivity index (χ0v) is 13.3. The van der Waals surface area contributed by atoms with E-state index in [1.807, 2.05) is 13.8 Å². The van der Waals surface area contributed by atoms with Crippen LogP contribution in [0, 0.1) is 5.92 Å². The van der Waals surface area contributed by atoms with Gasteiger partial charge in [0.2, 0.25) is 0 Å². The van der Waals surface area contributed by atoms with E-state index in [-0.39, 0.29) is 12.2 Å². The number of phenolic OH excluding ortho intramolecular Hbond substituents is 1. The van der Waals surface area contributed by atoms with Crippen LogP contribution in [-0.2, 0) is 20.7 Å². The molecule has 126 valence electrons. The van der Waals surface area contributed by atoms with Crippen molar-refractivity contribution in [2.45, 2.75) is 26.7 Å². The largest absolute Gasteiger partial charge is 0.508 e. The predicted molar refractivity (Wildman–Crippen MR) is 83.8 cm³/mol. The van der Waals surface area contributed by atoms with Gasteiger partial charge in [-0.05, 0) is 30.0 Å². The number of amides is 3. The number of imide groups is 1. The van der Waals surface area contributed by atoms with Crippen molar-refractivity contribution in [3.8, 4) is 5.75 Å².